The number of amides is 1. The van der Waals surface area contributed by atoms with Gasteiger partial charge in [-0.3, -0.25) is 4.79 Å². The van der Waals surface area contributed by atoms with Gasteiger partial charge in [0.1, 0.15) is 12.0 Å². The van der Waals surface area contributed by atoms with Gasteiger partial charge in [0, 0.05) is 32.4 Å². The average Bonchev–Trinajstić information content (AvgIpc) is 3.10. The number of carbonyl (C=O) groups excluding carboxylic acids is 1. The number of carbonyl (C=O) groups is 1. The molecule has 2 aromatic heterocycles. The van der Waals surface area contributed by atoms with Crippen LogP contribution in [0, 0.1) is 0 Å². The minimum atomic E-state index is -3.70. The molecule has 2 aromatic rings. The molecule has 9 nitrogen and oxygen atoms in total. The molecule has 0 spiro atoms. The largest absolute Gasteiger partial charge is 0.335 e. The first-order chi connectivity index (χ1) is 11.0. The molecule has 0 aliphatic carbocycles. The molecule has 23 heavy (non-hydrogen) atoms. The smallest absolute Gasteiger partial charge is 0.278 e. The summed E-state index contributed by atoms with van der Waals surface area (Å²) < 4.78 is 25.9. The molecule has 1 fully saturated rings. The van der Waals surface area contributed by atoms with Crippen molar-refractivity contribution in [3.05, 3.63) is 35.4 Å². The summed E-state index contributed by atoms with van der Waals surface area (Å²) in [6, 6.07) is 3.13. The molecule has 0 saturated carbocycles. The SMILES string of the molecule is O=C(c1ccc(Cl)cn1)N1CCN(S(=O)(=O)c2ncn[nH]2)CC1. The Kier molecular flexibility index (Phi) is 4.28. The summed E-state index contributed by atoms with van der Waals surface area (Å²) in [4.78, 5) is 21.5. The molecule has 1 amide bonds. The fourth-order valence-corrected chi connectivity index (χ4v) is 3.59. The predicted molar refractivity (Wildman–Crippen MR) is 80.3 cm³/mol. The number of rotatable bonds is 3. The molecule has 0 unspecified atom stereocenters. The number of nitrogens with one attached hydrogen (secondary N) is 1. The van der Waals surface area contributed by atoms with E-state index in [1.165, 1.54) is 10.5 Å². The Morgan fingerprint density at radius 2 is 1.91 bits per heavy atom. The molecule has 1 aliphatic heterocycles. The lowest BCUT2D eigenvalue weighted by molar-refractivity contribution is 0.0691. The molecule has 1 saturated heterocycles. The summed E-state index contributed by atoms with van der Waals surface area (Å²) in [6.45, 7) is 0.914. The quantitative estimate of drug-likeness (QED) is 0.828. The van der Waals surface area contributed by atoms with Crippen LogP contribution < -0.4 is 0 Å². The van der Waals surface area contributed by atoms with Crippen LogP contribution in [-0.2, 0) is 10.0 Å². The van der Waals surface area contributed by atoms with E-state index in [1.807, 2.05) is 0 Å². The second-order valence-corrected chi connectivity index (χ2v) is 7.14. The van der Waals surface area contributed by atoms with E-state index in [-0.39, 0.29) is 42.9 Å². The Balaban J connectivity index is 1.67. The summed E-state index contributed by atoms with van der Waals surface area (Å²) >= 11 is 5.75. The highest BCUT2D eigenvalue weighted by Crippen LogP contribution is 2.15. The second-order valence-electron chi connectivity index (χ2n) is 4.85. The van der Waals surface area contributed by atoms with Crippen molar-refractivity contribution in [2.75, 3.05) is 26.2 Å². The highest BCUT2D eigenvalue weighted by atomic mass is 35.5. The normalized spacial score (nSPS) is 16.5. The first-order valence-corrected chi connectivity index (χ1v) is 8.56. The third-order valence-corrected chi connectivity index (χ3v) is 5.40. The van der Waals surface area contributed by atoms with E-state index in [4.69, 9.17) is 11.6 Å². The number of halogens is 1. The summed E-state index contributed by atoms with van der Waals surface area (Å²) in [5, 5.41) is 6.14. The number of sulfonamides is 1. The maximum Gasteiger partial charge on any atom is 0.278 e. The Labute approximate surface area is 137 Å². The van der Waals surface area contributed by atoms with Gasteiger partial charge in [-0.15, -0.1) is 0 Å². The molecule has 0 aromatic carbocycles. The molecular weight excluding hydrogens is 344 g/mol. The monoisotopic (exact) mass is 356 g/mol. The minimum Gasteiger partial charge on any atom is -0.335 e. The van der Waals surface area contributed by atoms with E-state index in [9.17, 15) is 13.2 Å². The molecular formula is C12H13ClN6O3S. The van der Waals surface area contributed by atoms with E-state index in [1.54, 1.807) is 17.0 Å². The first-order valence-electron chi connectivity index (χ1n) is 6.75. The first kappa shape index (κ1) is 15.8. The van der Waals surface area contributed by atoms with Crippen LogP contribution in [0.25, 0.3) is 0 Å². The van der Waals surface area contributed by atoms with Crippen LogP contribution >= 0.6 is 11.6 Å². The van der Waals surface area contributed by atoms with Crippen molar-refractivity contribution in [3.8, 4) is 0 Å². The van der Waals surface area contributed by atoms with E-state index >= 15 is 0 Å². The van der Waals surface area contributed by atoms with Gasteiger partial charge in [0.15, 0.2) is 0 Å². The van der Waals surface area contributed by atoms with Crippen LogP contribution in [0.15, 0.2) is 29.8 Å². The number of piperazine rings is 1. The van der Waals surface area contributed by atoms with E-state index < -0.39 is 10.0 Å². The van der Waals surface area contributed by atoms with Crippen LogP contribution in [0.3, 0.4) is 0 Å². The molecule has 3 rings (SSSR count). The lowest BCUT2D eigenvalue weighted by atomic mass is 10.3. The van der Waals surface area contributed by atoms with Crippen molar-refractivity contribution in [2.24, 2.45) is 0 Å². The lowest BCUT2D eigenvalue weighted by Gasteiger charge is -2.33. The van der Waals surface area contributed by atoms with Gasteiger partial charge in [-0.05, 0) is 12.1 Å². The Morgan fingerprint density at radius 3 is 2.48 bits per heavy atom. The number of aromatic nitrogens is 4. The summed E-state index contributed by atoms with van der Waals surface area (Å²) in [5.74, 6) is -0.252. The van der Waals surface area contributed by atoms with Gasteiger partial charge in [0.05, 0.1) is 5.02 Å². The maximum absolute atomic E-state index is 12.3. The molecule has 11 heteroatoms. The maximum atomic E-state index is 12.3. The third kappa shape index (κ3) is 3.19. The van der Waals surface area contributed by atoms with Gasteiger partial charge in [-0.2, -0.15) is 9.40 Å². The highest BCUT2D eigenvalue weighted by molar-refractivity contribution is 7.88. The minimum absolute atomic E-state index is 0.183. The zero-order valence-corrected chi connectivity index (χ0v) is 13.5. The van der Waals surface area contributed by atoms with Crippen LogP contribution in [0.2, 0.25) is 5.02 Å². The molecule has 1 N–H and O–H groups in total. The average molecular weight is 357 g/mol. The summed E-state index contributed by atoms with van der Waals surface area (Å²) in [7, 11) is -3.70. The standard InChI is InChI=1S/C12H13ClN6O3S/c13-9-1-2-10(14-7-9)11(20)18-3-5-19(6-4-18)23(21,22)12-15-8-16-17-12/h1-2,7-8H,3-6H2,(H,15,16,17). The van der Waals surface area contributed by atoms with Crippen molar-refractivity contribution in [2.45, 2.75) is 5.16 Å². The van der Waals surface area contributed by atoms with Gasteiger partial charge >= 0.3 is 0 Å². The molecule has 122 valence electrons. The number of hydrogen-bond acceptors (Lipinski definition) is 6. The van der Waals surface area contributed by atoms with Crippen LogP contribution in [0.1, 0.15) is 10.5 Å². The topological polar surface area (TPSA) is 112 Å². The molecule has 0 radical (unpaired) electrons. The van der Waals surface area contributed by atoms with E-state index in [0.717, 1.165) is 6.33 Å². The number of nitrogens with zero attached hydrogens (tertiary/aromatic N) is 5. The number of pyridine rings is 1. The molecule has 1 aliphatic rings. The van der Waals surface area contributed by atoms with Crippen molar-refractivity contribution < 1.29 is 13.2 Å². The Bertz CT molecular complexity index is 785. The van der Waals surface area contributed by atoms with Crippen LogP contribution in [0.4, 0.5) is 0 Å². The van der Waals surface area contributed by atoms with Crippen molar-refractivity contribution in [1.29, 1.82) is 0 Å². The van der Waals surface area contributed by atoms with E-state index in [0.29, 0.717) is 5.02 Å². The zero-order chi connectivity index (χ0) is 16.4. The highest BCUT2D eigenvalue weighted by Gasteiger charge is 2.32. The van der Waals surface area contributed by atoms with Gasteiger partial charge < -0.3 is 4.90 Å². The predicted octanol–water partition coefficient (Wildman–Crippen LogP) is -0.000200. The molecule has 0 bridgehead atoms. The van der Waals surface area contributed by atoms with Gasteiger partial charge in [-0.1, -0.05) is 11.6 Å². The number of hydrogen-bond donors (Lipinski definition) is 1. The van der Waals surface area contributed by atoms with Gasteiger partial charge in [0.25, 0.3) is 21.1 Å². The zero-order valence-electron chi connectivity index (χ0n) is 11.9. The molecule has 0 atom stereocenters. The van der Waals surface area contributed by atoms with Gasteiger partial charge in [0.2, 0.25) is 0 Å². The van der Waals surface area contributed by atoms with Crippen LogP contribution in [0.5, 0.6) is 0 Å². The number of aromatic amines is 1. The fraction of sp³-hybridized carbons (Fsp3) is 0.333. The lowest BCUT2D eigenvalue weighted by Crippen LogP contribution is -2.50. The van der Waals surface area contributed by atoms with E-state index in [2.05, 4.69) is 20.2 Å². The van der Waals surface area contributed by atoms with Crippen molar-refractivity contribution in [3.63, 3.8) is 0 Å². The third-order valence-electron chi connectivity index (χ3n) is 3.45. The fourth-order valence-electron chi connectivity index (χ4n) is 2.24. The van der Waals surface area contributed by atoms with Crippen LogP contribution in [-0.4, -0.2) is 69.9 Å². The van der Waals surface area contributed by atoms with Crippen molar-refractivity contribution >= 4 is 27.5 Å². The Morgan fingerprint density at radius 1 is 1.17 bits per heavy atom. The summed E-state index contributed by atoms with van der Waals surface area (Å²) in [6.07, 6.45) is 2.54. The number of H-pyrrole nitrogens is 1. The van der Waals surface area contributed by atoms with Gasteiger partial charge in [-0.25, -0.2) is 23.5 Å². The Hall–Kier alpha value is -2.04. The summed E-state index contributed by atoms with van der Waals surface area (Å²) in [5.41, 5.74) is 0.279. The second kappa shape index (κ2) is 6.22. The van der Waals surface area contributed by atoms with Crippen molar-refractivity contribution in [1.82, 2.24) is 29.4 Å². The molecule has 3 heterocycles.